The number of carbonyl (C=O) groups is 1. The number of nitrogens with zero attached hydrogens (tertiary/aromatic N) is 1. The highest BCUT2D eigenvalue weighted by molar-refractivity contribution is 7.89. The molecule has 1 fully saturated rings. The minimum absolute atomic E-state index is 0.0442. The van der Waals surface area contributed by atoms with Gasteiger partial charge in [-0.05, 0) is 39.3 Å². The van der Waals surface area contributed by atoms with Crippen molar-refractivity contribution in [2.75, 3.05) is 39.0 Å². The number of piperidine rings is 1. The quantitative estimate of drug-likeness (QED) is 0.609. The van der Waals surface area contributed by atoms with E-state index in [-0.39, 0.29) is 17.6 Å². The van der Waals surface area contributed by atoms with Crippen LogP contribution >= 0.6 is 0 Å². The fraction of sp³-hybridized carbons (Fsp3) is 0.929. The van der Waals surface area contributed by atoms with Crippen LogP contribution in [0.3, 0.4) is 0 Å². The highest BCUT2D eigenvalue weighted by atomic mass is 32.2. The van der Waals surface area contributed by atoms with Gasteiger partial charge in [0.25, 0.3) is 0 Å². The lowest BCUT2D eigenvalue weighted by Gasteiger charge is -2.30. The smallest absolute Gasteiger partial charge is 0.223 e. The number of nitrogens with one attached hydrogen (secondary N) is 2. The van der Waals surface area contributed by atoms with Crippen LogP contribution in [0, 0.1) is 5.92 Å². The van der Waals surface area contributed by atoms with Crippen LogP contribution in [-0.4, -0.2) is 57.6 Å². The molecule has 2 N–H and O–H groups in total. The first-order chi connectivity index (χ1) is 10.0. The predicted molar refractivity (Wildman–Crippen MR) is 84.5 cm³/mol. The van der Waals surface area contributed by atoms with Crippen LogP contribution in [0.5, 0.6) is 0 Å². The molecule has 21 heavy (non-hydrogen) atoms. The van der Waals surface area contributed by atoms with Gasteiger partial charge >= 0.3 is 0 Å². The summed E-state index contributed by atoms with van der Waals surface area (Å²) >= 11 is 0. The number of carbonyl (C=O) groups excluding carboxylic acids is 1. The third-order valence-corrected chi connectivity index (χ3v) is 5.83. The number of hydrogen-bond acceptors (Lipinski definition) is 4. The van der Waals surface area contributed by atoms with Crippen LogP contribution in [0.1, 0.15) is 39.0 Å². The average molecular weight is 319 g/mol. The van der Waals surface area contributed by atoms with E-state index in [0.717, 1.165) is 19.4 Å². The largest absolute Gasteiger partial charge is 0.356 e. The molecule has 0 saturated carbocycles. The van der Waals surface area contributed by atoms with Gasteiger partial charge in [-0.3, -0.25) is 4.79 Å². The van der Waals surface area contributed by atoms with Gasteiger partial charge in [0.1, 0.15) is 0 Å². The molecule has 1 aliphatic rings. The lowest BCUT2D eigenvalue weighted by Crippen LogP contribution is -2.44. The maximum absolute atomic E-state index is 12.1. The van der Waals surface area contributed by atoms with Crippen LogP contribution in [0.4, 0.5) is 0 Å². The molecule has 0 atom stereocenters. The van der Waals surface area contributed by atoms with E-state index < -0.39 is 10.0 Å². The second-order valence-electron chi connectivity index (χ2n) is 5.59. The molecule has 1 heterocycles. The molecule has 0 unspecified atom stereocenters. The molecule has 0 spiro atoms. The van der Waals surface area contributed by atoms with Gasteiger partial charge in [-0.1, -0.05) is 13.3 Å². The highest BCUT2D eigenvalue weighted by Gasteiger charge is 2.30. The number of hydrogen-bond donors (Lipinski definition) is 2. The Labute approximate surface area is 128 Å². The minimum Gasteiger partial charge on any atom is -0.356 e. The lowest BCUT2D eigenvalue weighted by molar-refractivity contribution is -0.126. The molecule has 1 rings (SSSR count). The standard InChI is InChI=1S/C14H29N3O3S/c1-3-4-12-21(19,20)17-10-6-13(7-11-17)14(18)16-9-5-8-15-2/h13,15H,3-12H2,1-2H3,(H,16,18). The van der Waals surface area contributed by atoms with Crippen molar-refractivity contribution in [2.45, 2.75) is 39.0 Å². The van der Waals surface area contributed by atoms with Crippen LogP contribution in [0.2, 0.25) is 0 Å². The average Bonchev–Trinajstić information content (AvgIpc) is 2.49. The molecule has 0 radical (unpaired) electrons. The SMILES string of the molecule is CCCCS(=O)(=O)N1CCC(C(=O)NCCCNC)CC1. The van der Waals surface area contributed by atoms with E-state index in [0.29, 0.717) is 38.9 Å². The maximum atomic E-state index is 12.1. The topological polar surface area (TPSA) is 78.5 Å². The monoisotopic (exact) mass is 319 g/mol. The van der Waals surface area contributed by atoms with Gasteiger partial charge in [-0.15, -0.1) is 0 Å². The van der Waals surface area contributed by atoms with Crippen molar-refractivity contribution in [3.8, 4) is 0 Å². The Hall–Kier alpha value is -0.660. The van der Waals surface area contributed by atoms with E-state index in [4.69, 9.17) is 0 Å². The Kier molecular flexibility index (Phi) is 8.21. The highest BCUT2D eigenvalue weighted by Crippen LogP contribution is 2.20. The summed E-state index contributed by atoms with van der Waals surface area (Å²) in [6.45, 7) is 4.49. The molecule has 0 aromatic carbocycles. The fourth-order valence-corrected chi connectivity index (χ4v) is 4.15. The summed E-state index contributed by atoms with van der Waals surface area (Å²) in [5.41, 5.74) is 0. The predicted octanol–water partition coefficient (Wildman–Crippen LogP) is 0.554. The molecule has 124 valence electrons. The van der Waals surface area contributed by atoms with Crippen molar-refractivity contribution in [3.05, 3.63) is 0 Å². The van der Waals surface area contributed by atoms with Crippen molar-refractivity contribution in [1.82, 2.24) is 14.9 Å². The molecule has 1 saturated heterocycles. The third kappa shape index (κ3) is 6.32. The van der Waals surface area contributed by atoms with Crippen LogP contribution < -0.4 is 10.6 Å². The summed E-state index contributed by atoms with van der Waals surface area (Å²) in [5, 5.41) is 5.96. The first-order valence-electron chi connectivity index (χ1n) is 7.91. The van der Waals surface area contributed by atoms with Crippen LogP contribution in [-0.2, 0) is 14.8 Å². The van der Waals surface area contributed by atoms with E-state index in [1.54, 1.807) is 4.31 Å². The van der Waals surface area contributed by atoms with E-state index in [9.17, 15) is 13.2 Å². The summed E-state index contributed by atoms with van der Waals surface area (Å²) in [7, 11) is -1.24. The number of rotatable bonds is 9. The van der Waals surface area contributed by atoms with Crippen molar-refractivity contribution in [1.29, 1.82) is 0 Å². The van der Waals surface area contributed by atoms with Crippen molar-refractivity contribution in [2.24, 2.45) is 5.92 Å². The van der Waals surface area contributed by atoms with Crippen molar-refractivity contribution < 1.29 is 13.2 Å². The van der Waals surface area contributed by atoms with Gasteiger partial charge in [0.15, 0.2) is 0 Å². The first kappa shape index (κ1) is 18.4. The zero-order chi connectivity index (χ0) is 15.7. The van der Waals surface area contributed by atoms with E-state index in [2.05, 4.69) is 10.6 Å². The summed E-state index contributed by atoms with van der Waals surface area (Å²) < 4.78 is 25.7. The molecule has 1 amide bonds. The maximum Gasteiger partial charge on any atom is 0.223 e. The zero-order valence-electron chi connectivity index (χ0n) is 13.2. The van der Waals surface area contributed by atoms with Gasteiger partial charge in [0.05, 0.1) is 5.75 Å². The summed E-state index contributed by atoms with van der Waals surface area (Å²) in [6, 6.07) is 0. The molecule has 7 heteroatoms. The van der Waals surface area contributed by atoms with Gasteiger partial charge in [0, 0.05) is 25.6 Å². The Balaban J connectivity index is 2.32. The van der Waals surface area contributed by atoms with E-state index >= 15 is 0 Å². The van der Waals surface area contributed by atoms with E-state index in [1.165, 1.54) is 0 Å². The molecule has 0 bridgehead atoms. The number of unbranched alkanes of at least 4 members (excludes halogenated alkanes) is 1. The normalized spacial score (nSPS) is 17.8. The van der Waals surface area contributed by atoms with Gasteiger partial charge < -0.3 is 10.6 Å². The van der Waals surface area contributed by atoms with Crippen molar-refractivity contribution in [3.63, 3.8) is 0 Å². The Bertz CT molecular complexity index is 404. The van der Waals surface area contributed by atoms with Gasteiger partial charge in [0.2, 0.25) is 15.9 Å². The zero-order valence-corrected chi connectivity index (χ0v) is 14.0. The first-order valence-corrected chi connectivity index (χ1v) is 9.52. The van der Waals surface area contributed by atoms with Crippen LogP contribution in [0.15, 0.2) is 0 Å². The summed E-state index contributed by atoms with van der Waals surface area (Å²) in [5.74, 6) is 0.249. The van der Waals surface area contributed by atoms with Gasteiger partial charge in [-0.2, -0.15) is 0 Å². The molecular weight excluding hydrogens is 290 g/mol. The second-order valence-corrected chi connectivity index (χ2v) is 7.68. The molecule has 0 aliphatic carbocycles. The third-order valence-electron chi connectivity index (χ3n) is 3.88. The second kappa shape index (κ2) is 9.38. The molecule has 6 nitrogen and oxygen atoms in total. The van der Waals surface area contributed by atoms with Crippen LogP contribution in [0.25, 0.3) is 0 Å². The Morgan fingerprint density at radius 2 is 1.86 bits per heavy atom. The Morgan fingerprint density at radius 1 is 1.19 bits per heavy atom. The molecule has 0 aromatic heterocycles. The Morgan fingerprint density at radius 3 is 2.43 bits per heavy atom. The molecule has 0 aromatic rings. The van der Waals surface area contributed by atoms with Gasteiger partial charge in [-0.25, -0.2) is 12.7 Å². The molecular formula is C14H29N3O3S. The minimum atomic E-state index is -3.13. The van der Waals surface area contributed by atoms with Crippen molar-refractivity contribution >= 4 is 15.9 Å². The fourth-order valence-electron chi connectivity index (χ4n) is 2.47. The number of amides is 1. The number of sulfonamides is 1. The summed E-state index contributed by atoms with van der Waals surface area (Å²) in [6.07, 6.45) is 3.75. The summed E-state index contributed by atoms with van der Waals surface area (Å²) in [4.78, 5) is 12.0. The van der Waals surface area contributed by atoms with E-state index in [1.807, 2.05) is 14.0 Å². The molecule has 1 aliphatic heterocycles. The lowest BCUT2D eigenvalue weighted by atomic mass is 9.97.